The summed E-state index contributed by atoms with van der Waals surface area (Å²) in [6.07, 6.45) is 8.97. The van der Waals surface area contributed by atoms with Crippen molar-refractivity contribution in [3.8, 4) is 0 Å². The smallest absolute Gasteiger partial charge is 0.255 e. The molecule has 128 valence electrons. The molecule has 2 aromatic heterocycles. The average molecular weight is 342 g/mol. The van der Waals surface area contributed by atoms with E-state index < -0.39 is 0 Å². The Labute approximate surface area is 151 Å². The van der Waals surface area contributed by atoms with Crippen molar-refractivity contribution in [3.05, 3.63) is 96.2 Å². The first-order chi connectivity index (χ1) is 12.8. The molecule has 2 heterocycles. The van der Waals surface area contributed by atoms with Gasteiger partial charge in [-0.1, -0.05) is 30.3 Å². The van der Waals surface area contributed by atoms with Crippen LogP contribution < -0.4 is 5.32 Å². The van der Waals surface area contributed by atoms with E-state index in [1.807, 2.05) is 71.4 Å². The number of benzene rings is 2. The fourth-order valence-corrected chi connectivity index (χ4v) is 2.96. The maximum absolute atomic E-state index is 12.4. The van der Waals surface area contributed by atoms with Crippen molar-refractivity contribution in [1.29, 1.82) is 0 Å². The minimum atomic E-state index is -0.101. The molecular weight excluding hydrogens is 324 g/mol. The van der Waals surface area contributed by atoms with E-state index in [1.165, 1.54) is 0 Å². The zero-order valence-electron chi connectivity index (χ0n) is 14.2. The highest BCUT2D eigenvalue weighted by molar-refractivity contribution is 6.04. The summed E-state index contributed by atoms with van der Waals surface area (Å²) in [5, 5.41) is 2.92. The minimum absolute atomic E-state index is 0.101. The molecule has 1 N–H and O–H groups in total. The first-order valence-corrected chi connectivity index (χ1v) is 8.51. The van der Waals surface area contributed by atoms with Gasteiger partial charge in [0.05, 0.1) is 6.20 Å². The molecule has 2 aromatic carbocycles. The summed E-state index contributed by atoms with van der Waals surface area (Å²) in [5.74, 6) is -0.101. The highest BCUT2D eigenvalue weighted by Gasteiger charge is 2.08. The summed E-state index contributed by atoms with van der Waals surface area (Å²) in [7, 11) is 0. The lowest BCUT2D eigenvalue weighted by molar-refractivity contribution is 0.102. The monoisotopic (exact) mass is 342 g/mol. The molecule has 5 heteroatoms. The quantitative estimate of drug-likeness (QED) is 0.601. The Balaban J connectivity index is 1.47. The van der Waals surface area contributed by atoms with Crippen molar-refractivity contribution in [2.75, 3.05) is 5.32 Å². The molecule has 4 aromatic rings. The van der Waals surface area contributed by atoms with Crippen LogP contribution in [0.1, 0.15) is 21.6 Å². The van der Waals surface area contributed by atoms with E-state index >= 15 is 0 Å². The molecule has 0 unspecified atom stereocenters. The second-order valence-electron chi connectivity index (χ2n) is 6.07. The molecular formula is C21H18N4O. The Kier molecular flexibility index (Phi) is 4.43. The Morgan fingerprint density at radius 2 is 1.88 bits per heavy atom. The predicted molar refractivity (Wildman–Crippen MR) is 101 cm³/mol. The number of nitrogens with zero attached hydrogens (tertiary/aromatic N) is 3. The summed E-state index contributed by atoms with van der Waals surface area (Å²) < 4.78 is 2.04. The highest BCUT2D eigenvalue weighted by Crippen LogP contribution is 2.13. The second kappa shape index (κ2) is 7.19. The fourth-order valence-electron chi connectivity index (χ4n) is 2.96. The third kappa shape index (κ3) is 3.47. The molecule has 4 rings (SSSR count). The van der Waals surface area contributed by atoms with Crippen LogP contribution >= 0.6 is 0 Å². The van der Waals surface area contributed by atoms with Gasteiger partial charge >= 0.3 is 0 Å². The van der Waals surface area contributed by atoms with Crippen LogP contribution in [0.4, 0.5) is 5.69 Å². The topological polar surface area (TPSA) is 59.3 Å². The van der Waals surface area contributed by atoms with E-state index in [4.69, 9.17) is 0 Å². The van der Waals surface area contributed by atoms with Crippen molar-refractivity contribution in [2.24, 2.45) is 0 Å². The van der Waals surface area contributed by atoms with E-state index in [2.05, 4.69) is 15.3 Å². The van der Waals surface area contributed by atoms with Gasteiger partial charge in [0.2, 0.25) is 0 Å². The number of hydrogen-bond donors (Lipinski definition) is 1. The van der Waals surface area contributed by atoms with Crippen LogP contribution in [0.2, 0.25) is 0 Å². The van der Waals surface area contributed by atoms with Gasteiger partial charge in [-0.05, 0) is 42.7 Å². The van der Waals surface area contributed by atoms with Crippen molar-refractivity contribution in [3.63, 3.8) is 0 Å². The number of aromatic nitrogens is 3. The van der Waals surface area contributed by atoms with Gasteiger partial charge in [0, 0.05) is 35.5 Å². The Bertz CT molecular complexity index is 1040. The van der Waals surface area contributed by atoms with Crippen LogP contribution in [0.5, 0.6) is 0 Å². The zero-order chi connectivity index (χ0) is 17.8. The molecule has 26 heavy (non-hydrogen) atoms. The van der Waals surface area contributed by atoms with Crippen LogP contribution in [-0.4, -0.2) is 20.3 Å². The van der Waals surface area contributed by atoms with Gasteiger partial charge in [-0.2, -0.15) is 0 Å². The largest absolute Gasteiger partial charge is 0.322 e. The number of anilines is 1. The molecule has 0 bridgehead atoms. The van der Waals surface area contributed by atoms with Gasteiger partial charge in [-0.15, -0.1) is 0 Å². The van der Waals surface area contributed by atoms with Gasteiger partial charge in [-0.3, -0.25) is 9.78 Å². The zero-order valence-corrected chi connectivity index (χ0v) is 14.2. The highest BCUT2D eigenvalue weighted by atomic mass is 16.1. The number of rotatable bonds is 5. The summed E-state index contributed by atoms with van der Waals surface area (Å²) in [5.41, 5.74) is 4.51. The second-order valence-corrected chi connectivity index (χ2v) is 6.07. The Hall–Kier alpha value is -3.47. The maximum atomic E-state index is 12.4. The van der Waals surface area contributed by atoms with E-state index in [9.17, 15) is 4.79 Å². The molecule has 0 saturated heterocycles. The van der Waals surface area contributed by atoms with Crippen LogP contribution in [0.15, 0.2) is 79.4 Å². The third-order valence-electron chi connectivity index (χ3n) is 4.28. The number of hydrogen-bond acceptors (Lipinski definition) is 3. The molecule has 0 fully saturated rings. The fraction of sp³-hybridized carbons (Fsp3) is 0.0952. The number of imidazole rings is 1. The van der Waals surface area contributed by atoms with Crippen molar-refractivity contribution < 1.29 is 4.79 Å². The van der Waals surface area contributed by atoms with E-state index in [1.54, 1.807) is 12.4 Å². The number of amides is 1. The van der Waals surface area contributed by atoms with Crippen molar-refractivity contribution in [2.45, 2.75) is 12.8 Å². The van der Waals surface area contributed by atoms with Gasteiger partial charge in [0.1, 0.15) is 0 Å². The summed E-state index contributed by atoms with van der Waals surface area (Å²) in [6.45, 7) is 0. The molecule has 0 aliphatic rings. The first-order valence-electron chi connectivity index (χ1n) is 8.51. The van der Waals surface area contributed by atoms with E-state index in [0.717, 1.165) is 35.4 Å². The third-order valence-corrected chi connectivity index (χ3v) is 4.28. The van der Waals surface area contributed by atoms with Crippen LogP contribution in [0, 0.1) is 0 Å². The lowest BCUT2D eigenvalue weighted by Gasteiger charge is -2.08. The summed E-state index contributed by atoms with van der Waals surface area (Å²) in [6, 6.07) is 17.2. The molecule has 0 atom stereocenters. The van der Waals surface area contributed by atoms with Gasteiger partial charge in [-0.25, -0.2) is 4.98 Å². The summed E-state index contributed by atoms with van der Waals surface area (Å²) in [4.78, 5) is 20.9. The van der Waals surface area contributed by atoms with Gasteiger partial charge in [0.25, 0.3) is 5.91 Å². The number of aryl methyl sites for hydroxylation is 2. The average Bonchev–Trinajstić information content (AvgIpc) is 3.17. The number of para-hydroxylation sites is 1. The Morgan fingerprint density at radius 3 is 2.77 bits per heavy atom. The number of fused-ring (bicyclic) bond motifs is 1. The van der Waals surface area contributed by atoms with E-state index in [-0.39, 0.29) is 5.91 Å². The van der Waals surface area contributed by atoms with Crippen LogP contribution in [-0.2, 0) is 12.8 Å². The lowest BCUT2D eigenvalue weighted by Crippen LogP contribution is -2.12. The van der Waals surface area contributed by atoms with Crippen molar-refractivity contribution in [1.82, 2.24) is 14.4 Å². The normalized spacial score (nSPS) is 10.8. The Morgan fingerprint density at radius 1 is 1.00 bits per heavy atom. The summed E-state index contributed by atoms with van der Waals surface area (Å²) >= 11 is 0. The van der Waals surface area contributed by atoms with Crippen LogP contribution in [0.3, 0.4) is 0 Å². The molecule has 0 spiro atoms. The first kappa shape index (κ1) is 16.0. The molecule has 1 amide bonds. The van der Waals surface area contributed by atoms with Gasteiger partial charge in [0.15, 0.2) is 5.65 Å². The molecule has 0 aliphatic carbocycles. The standard InChI is InChI=1S/C21H18N4O/c26-21(24-18-7-2-1-3-8-18)17-6-4-5-16(13-17)9-10-19-14-22-15-20-23-11-12-25(19)20/h1-8,11-15H,9-10H2,(H,24,26). The number of nitrogens with one attached hydrogen (secondary N) is 1. The maximum Gasteiger partial charge on any atom is 0.255 e. The number of carbonyl (C=O) groups excluding carboxylic acids is 1. The molecule has 0 saturated carbocycles. The molecule has 5 nitrogen and oxygen atoms in total. The van der Waals surface area contributed by atoms with Crippen LogP contribution in [0.25, 0.3) is 5.65 Å². The lowest BCUT2D eigenvalue weighted by atomic mass is 10.0. The van der Waals surface area contributed by atoms with Gasteiger partial charge < -0.3 is 9.72 Å². The minimum Gasteiger partial charge on any atom is -0.322 e. The molecule has 0 aliphatic heterocycles. The number of carbonyl (C=O) groups is 1. The predicted octanol–water partition coefficient (Wildman–Crippen LogP) is 3.77. The van der Waals surface area contributed by atoms with Crippen molar-refractivity contribution >= 4 is 17.2 Å². The SMILES string of the molecule is O=C(Nc1ccccc1)c1cccc(CCc2cncc3nccn23)c1. The van der Waals surface area contributed by atoms with E-state index in [0.29, 0.717) is 5.56 Å². The molecule has 0 radical (unpaired) electrons.